The number of nitrogens with zero attached hydrogens (tertiary/aromatic N) is 2. The molecule has 48 heavy (non-hydrogen) atoms. The second kappa shape index (κ2) is 11.8. The maximum atomic E-state index is 4.34. The highest BCUT2D eigenvalue weighted by atomic mass is 14.6. The van der Waals surface area contributed by atoms with E-state index in [0.717, 1.165) is 22.3 Å². The van der Waals surface area contributed by atoms with E-state index in [4.69, 9.17) is 0 Å². The van der Waals surface area contributed by atoms with Crippen LogP contribution in [0, 0.1) is 0 Å². The summed E-state index contributed by atoms with van der Waals surface area (Å²) < 4.78 is 0. The highest BCUT2D eigenvalue weighted by Gasteiger charge is 2.18. The van der Waals surface area contributed by atoms with E-state index in [-0.39, 0.29) is 0 Å². The smallest absolute Gasteiger partial charge is 0.0346 e. The zero-order valence-corrected chi connectivity index (χ0v) is 26.2. The minimum Gasteiger partial charge on any atom is -0.264 e. The van der Waals surface area contributed by atoms with Crippen molar-refractivity contribution in [2.24, 2.45) is 0 Å². The van der Waals surface area contributed by atoms with Crippen LogP contribution in [-0.4, -0.2) is 9.97 Å². The normalized spacial score (nSPS) is 11.3. The molecule has 0 fully saturated rings. The van der Waals surface area contributed by atoms with Gasteiger partial charge in [-0.3, -0.25) is 9.97 Å². The van der Waals surface area contributed by atoms with Gasteiger partial charge in [0.15, 0.2) is 0 Å². The Balaban J connectivity index is 1.31. The first kappa shape index (κ1) is 27.9. The fourth-order valence-corrected chi connectivity index (χ4v) is 7.17. The standard InChI is InChI=1S/C46H30N2/c1-2-12-39-33(8-1)9-5-15-40(39)36-24-25-43-44(28-36)46(35-22-18-32(19-23-35)38-11-7-27-48-30-38)42-14-4-3-13-41(42)45(43)34-20-16-31(17-21-34)37-10-6-26-47-29-37/h1-30H. The van der Waals surface area contributed by atoms with Crippen molar-refractivity contribution in [1.29, 1.82) is 0 Å². The predicted octanol–water partition coefficient (Wildman–Crippen LogP) is 12.3. The first-order valence-electron chi connectivity index (χ1n) is 16.3. The van der Waals surface area contributed by atoms with Crippen LogP contribution in [0.3, 0.4) is 0 Å². The second-order valence-electron chi connectivity index (χ2n) is 12.2. The van der Waals surface area contributed by atoms with Crippen LogP contribution in [0.2, 0.25) is 0 Å². The Morgan fingerprint density at radius 1 is 0.292 bits per heavy atom. The Morgan fingerprint density at radius 2 is 0.771 bits per heavy atom. The molecule has 0 N–H and O–H groups in total. The molecule has 0 unspecified atom stereocenters. The summed E-state index contributed by atoms with van der Waals surface area (Å²) in [4.78, 5) is 8.68. The second-order valence-corrected chi connectivity index (χ2v) is 12.2. The predicted molar refractivity (Wildman–Crippen MR) is 202 cm³/mol. The molecule has 7 aromatic carbocycles. The van der Waals surface area contributed by atoms with Crippen LogP contribution >= 0.6 is 0 Å². The van der Waals surface area contributed by atoms with E-state index in [1.807, 2.05) is 36.9 Å². The first-order chi connectivity index (χ1) is 23.8. The van der Waals surface area contributed by atoms with Gasteiger partial charge in [0.25, 0.3) is 0 Å². The molecular weight excluding hydrogens is 581 g/mol. The molecule has 0 amide bonds. The Labute approximate surface area is 279 Å². The molecule has 0 aliphatic carbocycles. The third-order valence-electron chi connectivity index (χ3n) is 9.46. The van der Waals surface area contributed by atoms with Gasteiger partial charge < -0.3 is 0 Å². The summed E-state index contributed by atoms with van der Waals surface area (Å²) in [6.07, 6.45) is 7.47. The fourth-order valence-electron chi connectivity index (χ4n) is 7.17. The number of aromatic nitrogens is 2. The average molecular weight is 611 g/mol. The van der Waals surface area contributed by atoms with E-state index in [9.17, 15) is 0 Å². The van der Waals surface area contributed by atoms with Crippen LogP contribution in [-0.2, 0) is 0 Å². The van der Waals surface area contributed by atoms with E-state index >= 15 is 0 Å². The van der Waals surface area contributed by atoms with Crippen LogP contribution < -0.4 is 0 Å². The Bertz CT molecular complexity index is 2570. The van der Waals surface area contributed by atoms with Gasteiger partial charge in [0.2, 0.25) is 0 Å². The molecule has 0 bridgehead atoms. The van der Waals surface area contributed by atoms with Gasteiger partial charge in [0.05, 0.1) is 0 Å². The number of fused-ring (bicyclic) bond motifs is 3. The van der Waals surface area contributed by atoms with Crippen molar-refractivity contribution in [3.05, 3.63) is 183 Å². The van der Waals surface area contributed by atoms with E-state index in [1.54, 1.807) is 0 Å². The van der Waals surface area contributed by atoms with Crippen molar-refractivity contribution in [3.8, 4) is 55.6 Å². The highest BCUT2D eigenvalue weighted by Crippen LogP contribution is 2.45. The molecule has 2 heterocycles. The van der Waals surface area contributed by atoms with E-state index < -0.39 is 0 Å². The van der Waals surface area contributed by atoms with Crippen LogP contribution in [0.5, 0.6) is 0 Å². The molecule has 0 aliphatic heterocycles. The molecule has 9 rings (SSSR count). The average Bonchev–Trinajstić information content (AvgIpc) is 3.17. The lowest BCUT2D eigenvalue weighted by Gasteiger charge is -2.19. The molecule has 0 aliphatic rings. The summed E-state index contributed by atoms with van der Waals surface area (Å²) in [6.45, 7) is 0. The van der Waals surface area contributed by atoms with Crippen LogP contribution in [0.25, 0.3) is 88.0 Å². The van der Waals surface area contributed by atoms with E-state index in [0.29, 0.717) is 0 Å². The summed E-state index contributed by atoms with van der Waals surface area (Å²) in [5.74, 6) is 0. The largest absolute Gasteiger partial charge is 0.264 e. The summed E-state index contributed by atoms with van der Waals surface area (Å²) >= 11 is 0. The maximum Gasteiger partial charge on any atom is 0.0346 e. The molecule has 224 valence electrons. The Morgan fingerprint density at radius 3 is 1.35 bits per heavy atom. The Hall–Kier alpha value is -6.38. The third kappa shape index (κ3) is 4.83. The zero-order valence-electron chi connectivity index (χ0n) is 26.2. The molecule has 0 atom stereocenters. The number of hydrogen-bond donors (Lipinski definition) is 0. The molecule has 9 aromatic rings. The van der Waals surface area contributed by atoms with Crippen LogP contribution in [0.1, 0.15) is 0 Å². The van der Waals surface area contributed by atoms with E-state index in [2.05, 4.69) is 156 Å². The third-order valence-corrected chi connectivity index (χ3v) is 9.46. The van der Waals surface area contributed by atoms with Crippen molar-refractivity contribution < 1.29 is 0 Å². The van der Waals surface area contributed by atoms with Crippen LogP contribution in [0.4, 0.5) is 0 Å². The minimum atomic E-state index is 1.11. The highest BCUT2D eigenvalue weighted by molar-refractivity contribution is 6.22. The SMILES string of the molecule is c1cncc(-c2ccc(-c3c4ccccc4c(-c4ccc(-c5cccnc5)cc4)c4cc(-c5cccc6ccccc56)ccc34)cc2)c1. The fraction of sp³-hybridized carbons (Fsp3) is 0. The van der Waals surface area contributed by atoms with Gasteiger partial charge in [-0.25, -0.2) is 0 Å². The van der Waals surface area contributed by atoms with Gasteiger partial charge in [-0.15, -0.1) is 0 Å². The van der Waals surface area contributed by atoms with Crippen molar-refractivity contribution >= 4 is 32.3 Å². The summed E-state index contributed by atoms with van der Waals surface area (Å²) in [6, 6.07) is 57.2. The van der Waals surface area contributed by atoms with Gasteiger partial charge in [0, 0.05) is 24.8 Å². The van der Waals surface area contributed by atoms with Crippen molar-refractivity contribution in [1.82, 2.24) is 9.97 Å². The summed E-state index contributed by atoms with van der Waals surface area (Å²) in [7, 11) is 0. The first-order valence-corrected chi connectivity index (χ1v) is 16.3. The van der Waals surface area contributed by atoms with Crippen molar-refractivity contribution in [3.63, 3.8) is 0 Å². The summed E-state index contributed by atoms with van der Waals surface area (Å²) in [5, 5.41) is 7.45. The molecule has 2 aromatic heterocycles. The van der Waals surface area contributed by atoms with Gasteiger partial charge in [0.1, 0.15) is 0 Å². The zero-order chi connectivity index (χ0) is 31.9. The molecular formula is C46H30N2. The number of benzene rings is 7. The molecule has 0 spiro atoms. The van der Waals surface area contributed by atoms with Gasteiger partial charge in [-0.1, -0.05) is 140 Å². The van der Waals surface area contributed by atoms with Crippen molar-refractivity contribution in [2.45, 2.75) is 0 Å². The Kier molecular flexibility index (Phi) is 6.84. The number of hydrogen-bond acceptors (Lipinski definition) is 2. The molecule has 2 heteroatoms. The lowest BCUT2D eigenvalue weighted by Crippen LogP contribution is -1.92. The number of rotatable bonds is 5. The van der Waals surface area contributed by atoms with Gasteiger partial charge in [-0.2, -0.15) is 0 Å². The van der Waals surface area contributed by atoms with Crippen LogP contribution in [0.15, 0.2) is 183 Å². The number of pyridine rings is 2. The quantitative estimate of drug-likeness (QED) is 0.181. The van der Waals surface area contributed by atoms with Gasteiger partial charge >= 0.3 is 0 Å². The topological polar surface area (TPSA) is 25.8 Å². The molecule has 2 nitrogen and oxygen atoms in total. The van der Waals surface area contributed by atoms with Crippen molar-refractivity contribution in [2.75, 3.05) is 0 Å². The lowest BCUT2D eigenvalue weighted by molar-refractivity contribution is 1.33. The lowest BCUT2D eigenvalue weighted by atomic mass is 9.84. The van der Waals surface area contributed by atoms with Gasteiger partial charge in [-0.05, 0) is 106 Å². The molecule has 0 saturated carbocycles. The minimum absolute atomic E-state index is 1.11. The molecule has 0 saturated heterocycles. The monoisotopic (exact) mass is 610 g/mol. The van der Waals surface area contributed by atoms with E-state index in [1.165, 1.54) is 65.7 Å². The maximum absolute atomic E-state index is 4.34. The summed E-state index contributed by atoms with van der Waals surface area (Å²) in [5.41, 5.74) is 11.9. The molecule has 0 radical (unpaired) electrons.